The highest BCUT2D eigenvalue weighted by Gasteiger charge is 2.23. The van der Waals surface area contributed by atoms with Crippen LogP contribution in [0.25, 0.3) is 0 Å². The van der Waals surface area contributed by atoms with Gasteiger partial charge in [-0.25, -0.2) is 0 Å². The van der Waals surface area contributed by atoms with Crippen LogP contribution < -0.4 is 15.5 Å². The SMILES string of the molecule is CCNC(=NCC(C)(C)OC)NCC1CCN(c2ccc(Br)cc2)C1. The molecular weight excluding hydrogens is 380 g/mol. The summed E-state index contributed by atoms with van der Waals surface area (Å²) < 4.78 is 6.57. The summed E-state index contributed by atoms with van der Waals surface area (Å²) in [6, 6.07) is 8.57. The van der Waals surface area contributed by atoms with Crippen molar-refractivity contribution in [3.05, 3.63) is 28.7 Å². The Kier molecular flexibility index (Phi) is 7.56. The van der Waals surface area contributed by atoms with E-state index < -0.39 is 0 Å². The van der Waals surface area contributed by atoms with Crippen molar-refractivity contribution in [2.24, 2.45) is 10.9 Å². The third-order valence-electron chi connectivity index (χ3n) is 4.55. The largest absolute Gasteiger partial charge is 0.377 e. The minimum atomic E-state index is -0.242. The van der Waals surface area contributed by atoms with E-state index in [1.54, 1.807) is 7.11 Å². The number of nitrogens with one attached hydrogen (secondary N) is 2. The van der Waals surface area contributed by atoms with Gasteiger partial charge in [-0.05, 0) is 57.4 Å². The van der Waals surface area contributed by atoms with Crippen LogP contribution in [0.15, 0.2) is 33.7 Å². The molecule has 1 aromatic rings. The van der Waals surface area contributed by atoms with Crippen molar-refractivity contribution in [3.8, 4) is 0 Å². The van der Waals surface area contributed by atoms with Crippen molar-refractivity contribution < 1.29 is 4.74 Å². The molecular formula is C19H31BrN4O. The Morgan fingerprint density at radius 1 is 1.32 bits per heavy atom. The lowest BCUT2D eigenvalue weighted by Gasteiger charge is -2.22. The van der Waals surface area contributed by atoms with E-state index in [4.69, 9.17) is 4.74 Å². The molecule has 1 aliphatic rings. The molecule has 0 saturated carbocycles. The van der Waals surface area contributed by atoms with Crippen LogP contribution in [-0.2, 0) is 4.74 Å². The van der Waals surface area contributed by atoms with Crippen LogP contribution in [0.5, 0.6) is 0 Å². The van der Waals surface area contributed by atoms with Crippen molar-refractivity contribution in [3.63, 3.8) is 0 Å². The van der Waals surface area contributed by atoms with E-state index in [9.17, 15) is 0 Å². The van der Waals surface area contributed by atoms with Gasteiger partial charge in [-0.15, -0.1) is 0 Å². The van der Waals surface area contributed by atoms with Gasteiger partial charge in [0.2, 0.25) is 0 Å². The van der Waals surface area contributed by atoms with Gasteiger partial charge in [0, 0.05) is 43.4 Å². The zero-order chi connectivity index (χ0) is 18.3. The second-order valence-electron chi connectivity index (χ2n) is 7.12. The summed E-state index contributed by atoms with van der Waals surface area (Å²) >= 11 is 3.50. The van der Waals surface area contributed by atoms with Crippen LogP contribution >= 0.6 is 15.9 Å². The number of benzene rings is 1. The van der Waals surface area contributed by atoms with Crippen molar-refractivity contribution in [1.29, 1.82) is 0 Å². The molecule has 0 radical (unpaired) electrons. The molecule has 5 nitrogen and oxygen atoms in total. The van der Waals surface area contributed by atoms with Gasteiger partial charge >= 0.3 is 0 Å². The number of ether oxygens (including phenoxy) is 1. The highest BCUT2D eigenvalue weighted by Crippen LogP contribution is 2.24. The van der Waals surface area contributed by atoms with E-state index in [1.165, 1.54) is 12.1 Å². The normalized spacial score (nSPS) is 18.5. The average Bonchev–Trinajstić information content (AvgIpc) is 3.07. The summed E-state index contributed by atoms with van der Waals surface area (Å²) in [5.41, 5.74) is 1.06. The molecule has 2 rings (SSSR count). The minimum Gasteiger partial charge on any atom is -0.377 e. The Labute approximate surface area is 160 Å². The van der Waals surface area contributed by atoms with Gasteiger partial charge in [-0.1, -0.05) is 15.9 Å². The third-order valence-corrected chi connectivity index (χ3v) is 5.08. The zero-order valence-electron chi connectivity index (χ0n) is 15.8. The monoisotopic (exact) mass is 410 g/mol. The quantitative estimate of drug-likeness (QED) is 0.534. The number of rotatable bonds is 7. The number of nitrogens with zero attached hydrogens (tertiary/aromatic N) is 2. The molecule has 140 valence electrons. The number of anilines is 1. The average molecular weight is 411 g/mol. The summed E-state index contributed by atoms with van der Waals surface area (Å²) in [4.78, 5) is 7.11. The highest BCUT2D eigenvalue weighted by molar-refractivity contribution is 9.10. The molecule has 25 heavy (non-hydrogen) atoms. The molecule has 0 spiro atoms. The Bertz CT molecular complexity index is 559. The fourth-order valence-electron chi connectivity index (χ4n) is 2.80. The van der Waals surface area contributed by atoms with Crippen molar-refractivity contribution in [1.82, 2.24) is 10.6 Å². The van der Waals surface area contributed by atoms with Crippen molar-refractivity contribution in [2.45, 2.75) is 32.8 Å². The van der Waals surface area contributed by atoms with Crippen LogP contribution in [0.1, 0.15) is 27.2 Å². The van der Waals surface area contributed by atoms with Gasteiger partial charge < -0.3 is 20.3 Å². The molecule has 1 unspecified atom stereocenters. The third kappa shape index (κ3) is 6.51. The Morgan fingerprint density at radius 3 is 2.68 bits per heavy atom. The molecule has 1 saturated heterocycles. The maximum Gasteiger partial charge on any atom is 0.191 e. The zero-order valence-corrected chi connectivity index (χ0v) is 17.4. The molecule has 0 aromatic heterocycles. The molecule has 6 heteroatoms. The minimum absolute atomic E-state index is 0.242. The fraction of sp³-hybridized carbons (Fsp3) is 0.632. The molecule has 1 aliphatic heterocycles. The van der Waals surface area contributed by atoms with Crippen LogP contribution in [0, 0.1) is 5.92 Å². The number of methoxy groups -OCH3 is 1. The van der Waals surface area contributed by atoms with E-state index in [2.05, 4.69) is 67.6 Å². The first-order chi connectivity index (χ1) is 11.9. The van der Waals surface area contributed by atoms with E-state index in [1.807, 2.05) is 13.8 Å². The molecule has 0 aliphatic carbocycles. The second kappa shape index (κ2) is 9.43. The smallest absolute Gasteiger partial charge is 0.191 e. The number of guanidine groups is 1. The molecule has 1 atom stereocenters. The van der Waals surface area contributed by atoms with E-state index in [0.29, 0.717) is 12.5 Å². The lowest BCUT2D eigenvalue weighted by atomic mass is 10.1. The first-order valence-electron chi connectivity index (χ1n) is 9.01. The van der Waals surface area contributed by atoms with Gasteiger partial charge in [-0.3, -0.25) is 4.99 Å². The molecule has 1 heterocycles. The van der Waals surface area contributed by atoms with Gasteiger partial charge in [0.15, 0.2) is 5.96 Å². The lowest BCUT2D eigenvalue weighted by Crippen LogP contribution is -2.41. The van der Waals surface area contributed by atoms with Gasteiger partial charge in [0.1, 0.15) is 0 Å². The van der Waals surface area contributed by atoms with E-state index >= 15 is 0 Å². The van der Waals surface area contributed by atoms with E-state index in [-0.39, 0.29) is 5.60 Å². The Hall–Kier alpha value is -1.27. The van der Waals surface area contributed by atoms with Gasteiger partial charge in [0.25, 0.3) is 0 Å². The summed E-state index contributed by atoms with van der Waals surface area (Å²) in [5, 5.41) is 6.81. The summed E-state index contributed by atoms with van der Waals surface area (Å²) in [6.07, 6.45) is 1.20. The maximum atomic E-state index is 5.44. The highest BCUT2D eigenvalue weighted by atomic mass is 79.9. The summed E-state index contributed by atoms with van der Waals surface area (Å²) in [6.45, 7) is 10.8. The molecule has 2 N–H and O–H groups in total. The van der Waals surface area contributed by atoms with Crippen LogP contribution in [0.3, 0.4) is 0 Å². The van der Waals surface area contributed by atoms with Crippen LogP contribution in [0.4, 0.5) is 5.69 Å². The van der Waals surface area contributed by atoms with Crippen molar-refractivity contribution >= 4 is 27.6 Å². The van der Waals surface area contributed by atoms with Crippen LogP contribution in [-0.4, -0.2) is 51.4 Å². The number of halogens is 1. The molecule has 0 bridgehead atoms. The topological polar surface area (TPSA) is 48.9 Å². The van der Waals surface area contributed by atoms with Crippen molar-refractivity contribution in [2.75, 3.05) is 44.7 Å². The maximum absolute atomic E-state index is 5.44. The first kappa shape index (κ1) is 20.0. The second-order valence-corrected chi connectivity index (χ2v) is 8.03. The molecule has 1 aromatic carbocycles. The molecule has 0 amide bonds. The summed E-state index contributed by atoms with van der Waals surface area (Å²) in [7, 11) is 1.73. The number of aliphatic imine (C=N–C) groups is 1. The Morgan fingerprint density at radius 2 is 2.04 bits per heavy atom. The molecule has 1 fully saturated rings. The number of hydrogen-bond donors (Lipinski definition) is 2. The summed E-state index contributed by atoms with van der Waals surface area (Å²) in [5.74, 6) is 1.50. The number of hydrogen-bond acceptors (Lipinski definition) is 3. The Balaban J connectivity index is 1.84. The predicted molar refractivity (Wildman–Crippen MR) is 110 cm³/mol. The fourth-order valence-corrected chi connectivity index (χ4v) is 3.07. The lowest BCUT2D eigenvalue weighted by molar-refractivity contribution is 0.0310. The first-order valence-corrected chi connectivity index (χ1v) is 9.80. The predicted octanol–water partition coefficient (Wildman–Crippen LogP) is 3.26. The van der Waals surface area contributed by atoms with Gasteiger partial charge in [-0.2, -0.15) is 0 Å². The standard InChI is InChI=1S/C19H31BrN4O/c1-5-21-18(23-14-19(2,3)25-4)22-12-15-10-11-24(13-15)17-8-6-16(20)7-9-17/h6-9,15H,5,10-14H2,1-4H3,(H2,21,22,23). The van der Waals surface area contributed by atoms with Gasteiger partial charge in [0.05, 0.1) is 12.1 Å². The van der Waals surface area contributed by atoms with E-state index in [0.717, 1.165) is 36.6 Å². The van der Waals surface area contributed by atoms with Crippen LogP contribution in [0.2, 0.25) is 0 Å².